The van der Waals surface area contributed by atoms with Gasteiger partial charge in [0.15, 0.2) is 0 Å². The fraction of sp³-hybridized carbons (Fsp3) is 0.538. The number of benzene rings is 1. The van der Waals surface area contributed by atoms with Crippen molar-refractivity contribution in [2.24, 2.45) is 0 Å². The molecule has 0 fully saturated rings. The van der Waals surface area contributed by atoms with E-state index in [4.69, 9.17) is 0 Å². The average Bonchev–Trinajstić information content (AvgIpc) is 2.18. The summed E-state index contributed by atoms with van der Waals surface area (Å²) in [7, 11) is 2.02. The molecule has 1 atom stereocenters. The zero-order valence-electron chi connectivity index (χ0n) is 9.90. The Balaban J connectivity index is 2.53. The topological polar surface area (TPSA) is 23.5 Å². The molecule has 0 saturated carbocycles. The van der Waals surface area contributed by atoms with Crippen LogP contribution >= 0.6 is 0 Å². The summed E-state index contributed by atoms with van der Waals surface area (Å²) in [6.45, 7) is 4.88. The van der Waals surface area contributed by atoms with Gasteiger partial charge in [0.1, 0.15) is 0 Å². The van der Waals surface area contributed by atoms with E-state index in [-0.39, 0.29) is 6.10 Å². The Morgan fingerprint density at radius 2 is 1.87 bits per heavy atom. The van der Waals surface area contributed by atoms with Gasteiger partial charge in [-0.25, -0.2) is 0 Å². The normalized spacial score (nSPS) is 12.5. The summed E-state index contributed by atoms with van der Waals surface area (Å²) in [6, 6.07) is 8.37. The van der Waals surface area contributed by atoms with Gasteiger partial charge in [-0.15, -0.1) is 0 Å². The van der Waals surface area contributed by atoms with Crippen LogP contribution in [0.1, 0.15) is 25.3 Å². The molecule has 1 unspecified atom stereocenters. The molecule has 0 amide bonds. The van der Waals surface area contributed by atoms with Gasteiger partial charge in [0.25, 0.3) is 0 Å². The van der Waals surface area contributed by atoms with Crippen molar-refractivity contribution in [2.45, 2.75) is 32.8 Å². The lowest BCUT2D eigenvalue weighted by Crippen LogP contribution is -2.28. The minimum absolute atomic E-state index is 0.221. The van der Waals surface area contributed by atoms with E-state index < -0.39 is 0 Å². The third-order valence-corrected chi connectivity index (χ3v) is 2.58. The number of hydrogen-bond acceptors (Lipinski definition) is 2. The molecule has 84 valence electrons. The standard InChI is InChI=1S/C13H21NO/c1-4-5-13(15)10-14(3)12-8-6-11(2)7-9-12/h6-9,13,15H,4-5,10H2,1-3H3. The second-order valence-corrected chi connectivity index (χ2v) is 4.16. The molecular formula is C13H21NO. The Labute approximate surface area is 92.5 Å². The van der Waals surface area contributed by atoms with Crippen molar-refractivity contribution in [3.05, 3.63) is 29.8 Å². The second-order valence-electron chi connectivity index (χ2n) is 4.16. The third-order valence-electron chi connectivity index (χ3n) is 2.58. The summed E-state index contributed by atoms with van der Waals surface area (Å²) in [5.41, 5.74) is 2.43. The van der Waals surface area contributed by atoms with Crippen molar-refractivity contribution in [3.63, 3.8) is 0 Å². The first kappa shape index (κ1) is 12.1. The Morgan fingerprint density at radius 3 is 2.40 bits per heavy atom. The number of aliphatic hydroxyl groups is 1. The molecule has 15 heavy (non-hydrogen) atoms. The van der Waals surface area contributed by atoms with E-state index in [9.17, 15) is 5.11 Å². The van der Waals surface area contributed by atoms with Crippen molar-refractivity contribution >= 4 is 5.69 Å². The maximum absolute atomic E-state index is 9.69. The lowest BCUT2D eigenvalue weighted by Gasteiger charge is -2.22. The Hall–Kier alpha value is -1.02. The van der Waals surface area contributed by atoms with Crippen LogP contribution in [0.15, 0.2) is 24.3 Å². The molecule has 2 heteroatoms. The summed E-state index contributed by atoms with van der Waals surface area (Å²) in [5, 5.41) is 9.69. The maximum atomic E-state index is 9.69. The number of rotatable bonds is 5. The highest BCUT2D eigenvalue weighted by Gasteiger charge is 2.07. The lowest BCUT2D eigenvalue weighted by molar-refractivity contribution is 0.170. The van der Waals surface area contributed by atoms with Gasteiger partial charge < -0.3 is 10.0 Å². The second kappa shape index (κ2) is 5.76. The Kier molecular flexibility index (Phi) is 4.63. The number of likely N-dealkylation sites (N-methyl/N-ethyl adjacent to an activating group) is 1. The highest BCUT2D eigenvalue weighted by atomic mass is 16.3. The minimum atomic E-state index is -0.221. The SMILES string of the molecule is CCCC(O)CN(C)c1ccc(C)cc1. The van der Waals surface area contributed by atoms with E-state index in [0.717, 1.165) is 18.5 Å². The van der Waals surface area contributed by atoms with E-state index in [1.807, 2.05) is 7.05 Å². The number of hydrogen-bond donors (Lipinski definition) is 1. The first-order valence-electron chi connectivity index (χ1n) is 5.59. The largest absolute Gasteiger partial charge is 0.391 e. The van der Waals surface area contributed by atoms with Crippen molar-refractivity contribution in [1.82, 2.24) is 0 Å². The molecule has 0 aliphatic carbocycles. The zero-order valence-corrected chi connectivity index (χ0v) is 9.90. The molecule has 0 aliphatic rings. The first-order valence-corrected chi connectivity index (χ1v) is 5.59. The molecule has 0 bridgehead atoms. The monoisotopic (exact) mass is 207 g/mol. The van der Waals surface area contributed by atoms with Gasteiger partial charge in [-0.2, -0.15) is 0 Å². The van der Waals surface area contributed by atoms with Gasteiger partial charge in [0, 0.05) is 19.3 Å². The van der Waals surface area contributed by atoms with Gasteiger partial charge in [-0.05, 0) is 25.5 Å². The fourth-order valence-electron chi connectivity index (χ4n) is 1.65. The number of anilines is 1. The molecule has 0 aromatic heterocycles. The van der Waals surface area contributed by atoms with Crippen LogP contribution < -0.4 is 4.90 Å². The molecule has 0 radical (unpaired) electrons. The molecule has 1 rings (SSSR count). The Morgan fingerprint density at radius 1 is 1.27 bits per heavy atom. The molecule has 1 aromatic rings. The van der Waals surface area contributed by atoms with Crippen molar-refractivity contribution < 1.29 is 5.11 Å². The van der Waals surface area contributed by atoms with E-state index in [1.54, 1.807) is 0 Å². The average molecular weight is 207 g/mol. The van der Waals surface area contributed by atoms with Crippen LogP contribution in [-0.4, -0.2) is 24.8 Å². The summed E-state index contributed by atoms with van der Waals surface area (Å²) in [4.78, 5) is 2.10. The number of aryl methyl sites for hydroxylation is 1. The fourth-order valence-corrected chi connectivity index (χ4v) is 1.65. The minimum Gasteiger partial charge on any atom is -0.391 e. The van der Waals surface area contributed by atoms with Crippen LogP contribution in [0.4, 0.5) is 5.69 Å². The molecular weight excluding hydrogens is 186 g/mol. The van der Waals surface area contributed by atoms with Crippen LogP contribution in [0.3, 0.4) is 0 Å². The van der Waals surface area contributed by atoms with Crippen molar-refractivity contribution in [3.8, 4) is 0 Å². The molecule has 0 spiro atoms. The van der Waals surface area contributed by atoms with Gasteiger partial charge in [-0.1, -0.05) is 31.0 Å². The predicted molar refractivity (Wildman–Crippen MR) is 65.4 cm³/mol. The molecule has 0 saturated heterocycles. The quantitative estimate of drug-likeness (QED) is 0.802. The number of aliphatic hydroxyl groups excluding tert-OH is 1. The van der Waals surface area contributed by atoms with Crippen LogP contribution in [0.25, 0.3) is 0 Å². The zero-order chi connectivity index (χ0) is 11.3. The lowest BCUT2D eigenvalue weighted by atomic mass is 10.2. The van der Waals surface area contributed by atoms with Gasteiger partial charge in [0.05, 0.1) is 6.10 Å². The van der Waals surface area contributed by atoms with Gasteiger partial charge in [-0.3, -0.25) is 0 Å². The first-order chi connectivity index (χ1) is 7.13. The summed E-state index contributed by atoms with van der Waals surface area (Å²) in [6.07, 6.45) is 1.68. The maximum Gasteiger partial charge on any atom is 0.0714 e. The van der Waals surface area contributed by atoms with Crippen LogP contribution in [0.2, 0.25) is 0 Å². The number of nitrogens with zero attached hydrogens (tertiary/aromatic N) is 1. The molecule has 0 aliphatic heterocycles. The van der Waals surface area contributed by atoms with Gasteiger partial charge >= 0.3 is 0 Å². The Bertz CT molecular complexity index is 281. The van der Waals surface area contributed by atoms with Crippen LogP contribution in [-0.2, 0) is 0 Å². The van der Waals surface area contributed by atoms with E-state index in [2.05, 4.69) is 43.0 Å². The van der Waals surface area contributed by atoms with Crippen molar-refractivity contribution in [2.75, 3.05) is 18.5 Å². The van der Waals surface area contributed by atoms with Crippen LogP contribution in [0, 0.1) is 6.92 Å². The van der Waals surface area contributed by atoms with Crippen LogP contribution in [0.5, 0.6) is 0 Å². The van der Waals surface area contributed by atoms with E-state index in [1.165, 1.54) is 5.56 Å². The summed E-state index contributed by atoms with van der Waals surface area (Å²) >= 11 is 0. The predicted octanol–water partition coefficient (Wildman–Crippen LogP) is 2.59. The molecule has 1 N–H and O–H groups in total. The van der Waals surface area contributed by atoms with Crippen molar-refractivity contribution in [1.29, 1.82) is 0 Å². The smallest absolute Gasteiger partial charge is 0.0714 e. The van der Waals surface area contributed by atoms with Gasteiger partial charge in [0.2, 0.25) is 0 Å². The highest BCUT2D eigenvalue weighted by Crippen LogP contribution is 2.14. The molecule has 1 aromatic carbocycles. The molecule has 2 nitrogen and oxygen atoms in total. The highest BCUT2D eigenvalue weighted by molar-refractivity contribution is 5.46. The molecule has 0 heterocycles. The summed E-state index contributed by atoms with van der Waals surface area (Å²) < 4.78 is 0. The third kappa shape index (κ3) is 3.92. The van der Waals surface area contributed by atoms with E-state index in [0.29, 0.717) is 6.54 Å². The van der Waals surface area contributed by atoms with E-state index >= 15 is 0 Å². The summed E-state index contributed by atoms with van der Waals surface area (Å²) in [5.74, 6) is 0.